The number of carbonyl (C=O) groups excluding carboxylic acids is 1. The van der Waals surface area contributed by atoms with Gasteiger partial charge in [-0.15, -0.1) is 0 Å². The Labute approximate surface area is 113 Å². The van der Waals surface area contributed by atoms with Gasteiger partial charge in [-0.05, 0) is 12.8 Å². The summed E-state index contributed by atoms with van der Waals surface area (Å²) in [6, 6.07) is -0.367. The van der Waals surface area contributed by atoms with Crippen LogP contribution in [0.3, 0.4) is 0 Å². The Balaban J connectivity index is 1.84. The lowest BCUT2D eigenvalue weighted by Crippen LogP contribution is -2.44. The van der Waals surface area contributed by atoms with Crippen LogP contribution in [0.4, 0.5) is 11.9 Å². The lowest BCUT2D eigenvalue weighted by atomic mass is 10.1. The number of carbonyl (C=O) groups is 1. The first-order valence-electron chi connectivity index (χ1n) is 6.13. The number of hydrogen-bond donors (Lipinski definition) is 3. The molecule has 0 saturated carbocycles. The predicted octanol–water partition coefficient (Wildman–Crippen LogP) is -1.27. The van der Waals surface area contributed by atoms with E-state index in [0.29, 0.717) is 6.54 Å². The molecule has 104 valence electrons. The number of anilines is 2. The summed E-state index contributed by atoms with van der Waals surface area (Å²) in [4.78, 5) is 27.6. The quantitative estimate of drug-likeness (QED) is 0.630. The number of aromatic nitrogens is 6. The SMILES string of the molecule is Nc1nc(NC2CCCNC2=O)nc(-n2cncn2)n1. The number of nitrogen functional groups attached to an aromatic ring is 1. The molecule has 1 amide bonds. The zero-order valence-electron chi connectivity index (χ0n) is 10.5. The van der Waals surface area contributed by atoms with Gasteiger partial charge in [0, 0.05) is 6.54 Å². The maximum atomic E-state index is 11.7. The monoisotopic (exact) mass is 275 g/mol. The molecule has 1 unspecified atom stereocenters. The molecule has 1 fully saturated rings. The lowest BCUT2D eigenvalue weighted by Gasteiger charge is -2.22. The molecule has 1 saturated heterocycles. The first-order valence-corrected chi connectivity index (χ1v) is 6.13. The Hall–Kier alpha value is -2.78. The molecule has 3 rings (SSSR count). The lowest BCUT2D eigenvalue weighted by molar-refractivity contribution is -0.123. The zero-order chi connectivity index (χ0) is 13.9. The standard InChI is InChI=1S/C10H13N9O/c11-8-16-9(15-6-2-1-3-13-7(6)20)18-10(17-8)19-5-12-4-14-19/h4-6H,1-3H2,(H,13,20)(H3,11,15,16,17,18). The minimum Gasteiger partial charge on any atom is -0.368 e. The van der Waals surface area contributed by atoms with Crippen LogP contribution in [0, 0.1) is 0 Å². The molecule has 0 aliphatic carbocycles. The summed E-state index contributed by atoms with van der Waals surface area (Å²) >= 11 is 0. The minimum atomic E-state index is -0.367. The average Bonchev–Trinajstić information content (AvgIpc) is 2.95. The molecule has 0 bridgehead atoms. The van der Waals surface area contributed by atoms with E-state index in [9.17, 15) is 4.79 Å². The molecule has 2 aromatic rings. The Morgan fingerprint density at radius 3 is 3.05 bits per heavy atom. The van der Waals surface area contributed by atoms with E-state index in [-0.39, 0.29) is 29.8 Å². The van der Waals surface area contributed by atoms with Gasteiger partial charge in [-0.25, -0.2) is 4.98 Å². The van der Waals surface area contributed by atoms with Gasteiger partial charge in [0.2, 0.25) is 17.8 Å². The van der Waals surface area contributed by atoms with Crippen molar-refractivity contribution >= 4 is 17.8 Å². The first kappa shape index (κ1) is 12.3. The largest absolute Gasteiger partial charge is 0.368 e. The third kappa shape index (κ3) is 2.48. The van der Waals surface area contributed by atoms with Crippen molar-refractivity contribution in [2.45, 2.75) is 18.9 Å². The van der Waals surface area contributed by atoms with Crippen LogP contribution in [0.2, 0.25) is 0 Å². The summed E-state index contributed by atoms with van der Waals surface area (Å²) in [5.41, 5.74) is 5.64. The highest BCUT2D eigenvalue weighted by atomic mass is 16.2. The molecule has 3 heterocycles. The van der Waals surface area contributed by atoms with Gasteiger partial charge >= 0.3 is 0 Å². The van der Waals surface area contributed by atoms with Crippen LogP contribution in [-0.2, 0) is 4.79 Å². The molecule has 0 radical (unpaired) electrons. The van der Waals surface area contributed by atoms with E-state index >= 15 is 0 Å². The Bertz CT molecular complexity index is 611. The highest BCUT2D eigenvalue weighted by molar-refractivity contribution is 5.84. The smallest absolute Gasteiger partial charge is 0.258 e. The van der Waals surface area contributed by atoms with Crippen molar-refractivity contribution in [2.75, 3.05) is 17.6 Å². The topological polar surface area (TPSA) is 137 Å². The molecular weight excluding hydrogens is 262 g/mol. The molecule has 1 aliphatic heterocycles. The fourth-order valence-electron chi connectivity index (χ4n) is 1.92. The maximum absolute atomic E-state index is 11.7. The molecular formula is C10H13N9O. The molecule has 0 aromatic carbocycles. The van der Waals surface area contributed by atoms with Crippen molar-refractivity contribution in [3.05, 3.63) is 12.7 Å². The highest BCUT2D eigenvalue weighted by Gasteiger charge is 2.23. The molecule has 4 N–H and O–H groups in total. The summed E-state index contributed by atoms with van der Waals surface area (Å²) in [7, 11) is 0. The molecule has 1 aliphatic rings. The number of nitrogens with one attached hydrogen (secondary N) is 2. The van der Waals surface area contributed by atoms with E-state index in [4.69, 9.17) is 5.73 Å². The Morgan fingerprint density at radius 2 is 2.30 bits per heavy atom. The third-order valence-electron chi connectivity index (χ3n) is 2.85. The van der Waals surface area contributed by atoms with Crippen LogP contribution in [0.1, 0.15) is 12.8 Å². The zero-order valence-corrected chi connectivity index (χ0v) is 10.5. The summed E-state index contributed by atoms with van der Waals surface area (Å²) in [5.74, 6) is 0.459. The first-order chi connectivity index (χ1) is 9.72. The van der Waals surface area contributed by atoms with E-state index in [1.165, 1.54) is 17.3 Å². The van der Waals surface area contributed by atoms with Gasteiger partial charge in [-0.1, -0.05) is 0 Å². The second kappa shape index (κ2) is 5.07. The van der Waals surface area contributed by atoms with Gasteiger partial charge in [0.25, 0.3) is 5.95 Å². The second-order valence-corrected chi connectivity index (χ2v) is 4.29. The van der Waals surface area contributed by atoms with Crippen molar-refractivity contribution in [2.24, 2.45) is 0 Å². The van der Waals surface area contributed by atoms with Gasteiger partial charge in [0.05, 0.1) is 0 Å². The van der Waals surface area contributed by atoms with Crippen LogP contribution in [0.25, 0.3) is 5.95 Å². The maximum Gasteiger partial charge on any atom is 0.258 e. The highest BCUT2D eigenvalue weighted by Crippen LogP contribution is 2.11. The second-order valence-electron chi connectivity index (χ2n) is 4.29. The number of piperidine rings is 1. The van der Waals surface area contributed by atoms with E-state index in [1.807, 2.05) is 0 Å². The normalized spacial score (nSPS) is 18.6. The summed E-state index contributed by atoms with van der Waals surface area (Å²) in [5, 5.41) is 9.66. The number of hydrogen-bond acceptors (Lipinski definition) is 8. The molecule has 0 spiro atoms. The van der Waals surface area contributed by atoms with E-state index in [2.05, 4.69) is 35.7 Å². The van der Waals surface area contributed by atoms with Crippen LogP contribution < -0.4 is 16.4 Å². The molecule has 2 aromatic heterocycles. The van der Waals surface area contributed by atoms with Gasteiger partial charge in [0.1, 0.15) is 18.7 Å². The molecule has 10 nitrogen and oxygen atoms in total. The van der Waals surface area contributed by atoms with Gasteiger partial charge in [-0.3, -0.25) is 4.79 Å². The van der Waals surface area contributed by atoms with Gasteiger partial charge < -0.3 is 16.4 Å². The Kier molecular flexibility index (Phi) is 3.11. The van der Waals surface area contributed by atoms with Crippen LogP contribution >= 0.6 is 0 Å². The van der Waals surface area contributed by atoms with E-state index in [0.717, 1.165) is 12.8 Å². The minimum absolute atomic E-state index is 0.0456. The Morgan fingerprint density at radius 1 is 1.40 bits per heavy atom. The van der Waals surface area contributed by atoms with E-state index in [1.54, 1.807) is 0 Å². The van der Waals surface area contributed by atoms with Gasteiger partial charge in [0.15, 0.2) is 0 Å². The fourth-order valence-corrected chi connectivity index (χ4v) is 1.92. The average molecular weight is 275 g/mol. The number of rotatable bonds is 3. The van der Waals surface area contributed by atoms with Crippen molar-refractivity contribution in [1.29, 1.82) is 0 Å². The summed E-state index contributed by atoms with van der Waals surface area (Å²) in [6.07, 6.45) is 4.43. The summed E-state index contributed by atoms with van der Waals surface area (Å²) < 4.78 is 1.37. The van der Waals surface area contributed by atoms with Crippen LogP contribution in [-0.4, -0.2) is 48.2 Å². The van der Waals surface area contributed by atoms with Crippen molar-refractivity contribution in [1.82, 2.24) is 35.0 Å². The number of amides is 1. The van der Waals surface area contributed by atoms with Gasteiger partial charge in [-0.2, -0.15) is 24.7 Å². The summed E-state index contributed by atoms with van der Waals surface area (Å²) in [6.45, 7) is 0.695. The number of nitrogens with two attached hydrogens (primary N) is 1. The molecule has 10 heteroatoms. The predicted molar refractivity (Wildman–Crippen MR) is 68.8 cm³/mol. The molecule has 1 atom stereocenters. The van der Waals surface area contributed by atoms with Crippen LogP contribution in [0.15, 0.2) is 12.7 Å². The number of nitrogens with zero attached hydrogens (tertiary/aromatic N) is 6. The van der Waals surface area contributed by atoms with Crippen molar-refractivity contribution in [3.63, 3.8) is 0 Å². The third-order valence-corrected chi connectivity index (χ3v) is 2.85. The van der Waals surface area contributed by atoms with Crippen molar-refractivity contribution in [3.8, 4) is 5.95 Å². The molecule has 20 heavy (non-hydrogen) atoms. The van der Waals surface area contributed by atoms with Crippen molar-refractivity contribution < 1.29 is 4.79 Å². The fraction of sp³-hybridized carbons (Fsp3) is 0.400. The van der Waals surface area contributed by atoms with Crippen LogP contribution in [0.5, 0.6) is 0 Å². The van der Waals surface area contributed by atoms with E-state index < -0.39 is 0 Å².